The zero-order chi connectivity index (χ0) is 20.0. The van der Waals surface area contributed by atoms with E-state index in [-0.39, 0.29) is 16.4 Å². The third-order valence-electron chi connectivity index (χ3n) is 3.34. The normalized spacial score (nSPS) is 10.7. The molecule has 8 nitrogen and oxygen atoms in total. The molecule has 9 heteroatoms. The first kappa shape index (κ1) is 20.1. The molecule has 0 saturated carbocycles. The maximum Gasteiger partial charge on any atom is 0.338 e. The smallest absolute Gasteiger partial charge is 0.338 e. The first-order valence-electron chi connectivity index (χ1n) is 7.80. The van der Waals surface area contributed by atoms with E-state index in [0.29, 0.717) is 11.4 Å². The third-order valence-corrected chi connectivity index (χ3v) is 4.47. The minimum atomic E-state index is -3.35. The Hall–Kier alpha value is -3.20. The zero-order valence-electron chi connectivity index (χ0n) is 14.7. The Bertz CT molecular complexity index is 950. The standard InChI is InChI=1S/C18H18N2O6S/c1-12(21)19-14-5-7-15(8-6-14)20-17(22)11-26-18(23)13-3-9-16(10-4-13)27(2,24)25/h3-10H,11H2,1-2H3,(H,19,21)(H,20,22). The summed E-state index contributed by atoms with van der Waals surface area (Å²) in [6.45, 7) is 0.888. The molecule has 0 aliphatic heterocycles. The van der Waals surface area contributed by atoms with Gasteiger partial charge in [0.15, 0.2) is 16.4 Å². The largest absolute Gasteiger partial charge is 0.452 e. The van der Waals surface area contributed by atoms with E-state index >= 15 is 0 Å². The lowest BCUT2D eigenvalue weighted by Gasteiger charge is -2.08. The van der Waals surface area contributed by atoms with Crippen LogP contribution in [0, 0.1) is 0 Å². The van der Waals surface area contributed by atoms with Gasteiger partial charge in [0.2, 0.25) is 5.91 Å². The Kier molecular flexibility index (Phi) is 6.30. The molecule has 0 aliphatic rings. The van der Waals surface area contributed by atoms with Crippen LogP contribution in [0.2, 0.25) is 0 Å². The summed E-state index contributed by atoms with van der Waals surface area (Å²) in [7, 11) is -3.35. The number of carbonyl (C=O) groups excluding carboxylic acids is 3. The number of nitrogens with one attached hydrogen (secondary N) is 2. The van der Waals surface area contributed by atoms with Gasteiger partial charge >= 0.3 is 5.97 Å². The summed E-state index contributed by atoms with van der Waals surface area (Å²) in [6.07, 6.45) is 1.06. The number of ether oxygens (including phenoxy) is 1. The molecule has 2 rings (SSSR count). The number of benzene rings is 2. The Morgan fingerprint density at radius 1 is 0.889 bits per heavy atom. The average molecular weight is 390 g/mol. The van der Waals surface area contributed by atoms with Gasteiger partial charge in [-0.3, -0.25) is 9.59 Å². The van der Waals surface area contributed by atoms with E-state index in [1.807, 2.05) is 0 Å². The van der Waals surface area contributed by atoms with Crippen LogP contribution in [0.5, 0.6) is 0 Å². The highest BCUT2D eigenvalue weighted by atomic mass is 32.2. The molecule has 2 aromatic carbocycles. The molecule has 2 N–H and O–H groups in total. The predicted octanol–water partition coefficient (Wildman–Crippen LogP) is 1.84. The highest BCUT2D eigenvalue weighted by Gasteiger charge is 2.12. The quantitative estimate of drug-likeness (QED) is 0.727. The molecular weight excluding hydrogens is 372 g/mol. The van der Waals surface area contributed by atoms with Crippen LogP contribution in [0.15, 0.2) is 53.4 Å². The lowest BCUT2D eigenvalue weighted by atomic mass is 10.2. The van der Waals surface area contributed by atoms with E-state index in [4.69, 9.17) is 4.74 Å². The van der Waals surface area contributed by atoms with E-state index in [0.717, 1.165) is 6.26 Å². The molecule has 2 amide bonds. The van der Waals surface area contributed by atoms with E-state index in [1.165, 1.54) is 31.2 Å². The van der Waals surface area contributed by atoms with E-state index in [9.17, 15) is 22.8 Å². The lowest BCUT2D eigenvalue weighted by molar-refractivity contribution is -0.119. The average Bonchev–Trinajstić information content (AvgIpc) is 2.60. The molecule has 27 heavy (non-hydrogen) atoms. The van der Waals surface area contributed by atoms with Crippen molar-refractivity contribution in [3.8, 4) is 0 Å². The van der Waals surface area contributed by atoms with E-state index in [1.54, 1.807) is 24.3 Å². The number of hydrogen-bond donors (Lipinski definition) is 2. The number of hydrogen-bond acceptors (Lipinski definition) is 6. The van der Waals surface area contributed by atoms with Crippen LogP contribution >= 0.6 is 0 Å². The van der Waals surface area contributed by atoms with Gasteiger partial charge < -0.3 is 15.4 Å². The van der Waals surface area contributed by atoms with Crippen molar-refractivity contribution in [2.45, 2.75) is 11.8 Å². The highest BCUT2D eigenvalue weighted by Crippen LogP contribution is 2.14. The molecule has 0 spiro atoms. The second-order valence-corrected chi connectivity index (χ2v) is 7.70. The summed E-state index contributed by atoms with van der Waals surface area (Å²) in [4.78, 5) is 34.8. The van der Waals surface area contributed by atoms with E-state index < -0.39 is 28.3 Å². The number of esters is 1. The molecule has 0 bridgehead atoms. The zero-order valence-corrected chi connectivity index (χ0v) is 15.5. The summed E-state index contributed by atoms with van der Waals surface area (Å²) >= 11 is 0. The second kappa shape index (κ2) is 8.45. The Balaban J connectivity index is 1.87. The Labute approximate surface area is 156 Å². The van der Waals surface area contributed by atoms with Crippen LogP contribution in [-0.4, -0.2) is 39.1 Å². The van der Waals surface area contributed by atoms with Gasteiger partial charge in [-0.15, -0.1) is 0 Å². The van der Waals surface area contributed by atoms with Gasteiger partial charge in [0.25, 0.3) is 5.91 Å². The van der Waals surface area contributed by atoms with Crippen molar-refractivity contribution < 1.29 is 27.5 Å². The van der Waals surface area contributed by atoms with Gasteiger partial charge in [0, 0.05) is 24.6 Å². The van der Waals surface area contributed by atoms with Crippen LogP contribution in [0.3, 0.4) is 0 Å². The summed E-state index contributed by atoms with van der Waals surface area (Å²) in [5, 5.41) is 5.15. The van der Waals surface area contributed by atoms with Crippen molar-refractivity contribution in [1.82, 2.24) is 0 Å². The second-order valence-electron chi connectivity index (χ2n) is 5.68. The van der Waals surface area contributed by atoms with Gasteiger partial charge in [-0.2, -0.15) is 0 Å². The van der Waals surface area contributed by atoms with Gasteiger partial charge in [0.05, 0.1) is 10.5 Å². The molecule has 0 heterocycles. The van der Waals surface area contributed by atoms with Crippen LogP contribution in [0.25, 0.3) is 0 Å². The molecule has 2 aromatic rings. The number of amides is 2. The Morgan fingerprint density at radius 3 is 1.89 bits per heavy atom. The van der Waals surface area contributed by atoms with Crippen LogP contribution in [0.4, 0.5) is 11.4 Å². The minimum absolute atomic E-state index is 0.0829. The molecule has 0 aromatic heterocycles. The van der Waals surface area contributed by atoms with Crippen molar-refractivity contribution in [2.75, 3.05) is 23.5 Å². The predicted molar refractivity (Wildman–Crippen MR) is 99.2 cm³/mol. The van der Waals surface area contributed by atoms with Crippen molar-refractivity contribution in [3.05, 3.63) is 54.1 Å². The van der Waals surface area contributed by atoms with Crippen molar-refractivity contribution in [2.24, 2.45) is 0 Å². The maximum atomic E-state index is 11.9. The van der Waals surface area contributed by atoms with Crippen LogP contribution < -0.4 is 10.6 Å². The molecule has 0 atom stereocenters. The van der Waals surface area contributed by atoms with Gasteiger partial charge in [-0.05, 0) is 48.5 Å². The van der Waals surface area contributed by atoms with Gasteiger partial charge in [-0.25, -0.2) is 13.2 Å². The fourth-order valence-electron chi connectivity index (χ4n) is 2.09. The molecule has 0 saturated heterocycles. The summed E-state index contributed by atoms with van der Waals surface area (Å²) in [6, 6.07) is 11.6. The topological polar surface area (TPSA) is 119 Å². The van der Waals surface area contributed by atoms with Gasteiger partial charge in [-0.1, -0.05) is 0 Å². The SMILES string of the molecule is CC(=O)Nc1ccc(NC(=O)COC(=O)c2ccc(S(C)(=O)=O)cc2)cc1. The Morgan fingerprint density at radius 2 is 1.41 bits per heavy atom. The number of carbonyl (C=O) groups is 3. The van der Waals surface area contributed by atoms with Crippen molar-refractivity contribution in [3.63, 3.8) is 0 Å². The van der Waals surface area contributed by atoms with E-state index in [2.05, 4.69) is 10.6 Å². The first-order valence-corrected chi connectivity index (χ1v) is 9.69. The third kappa shape index (κ3) is 6.23. The minimum Gasteiger partial charge on any atom is -0.452 e. The van der Waals surface area contributed by atoms with Crippen molar-refractivity contribution >= 4 is 39.0 Å². The molecule has 142 valence electrons. The summed E-state index contributed by atoms with van der Waals surface area (Å²) < 4.78 is 27.7. The molecule has 0 radical (unpaired) electrons. The lowest BCUT2D eigenvalue weighted by Crippen LogP contribution is -2.21. The molecule has 0 unspecified atom stereocenters. The van der Waals surface area contributed by atoms with Crippen LogP contribution in [0.1, 0.15) is 17.3 Å². The van der Waals surface area contributed by atoms with Crippen molar-refractivity contribution in [1.29, 1.82) is 0 Å². The summed E-state index contributed by atoms with van der Waals surface area (Å²) in [5.41, 5.74) is 1.20. The van der Waals surface area contributed by atoms with Gasteiger partial charge in [0.1, 0.15) is 0 Å². The number of anilines is 2. The summed E-state index contributed by atoms with van der Waals surface area (Å²) in [5.74, 6) is -1.49. The maximum absolute atomic E-state index is 11.9. The first-order chi connectivity index (χ1) is 12.6. The number of sulfone groups is 1. The molecule has 0 aliphatic carbocycles. The van der Waals surface area contributed by atoms with Crippen LogP contribution in [-0.2, 0) is 24.2 Å². The molecular formula is C18H18N2O6S. The fourth-order valence-corrected chi connectivity index (χ4v) is 2.72. The number of rotatable bonds is 6. The highest BCUT2D eigenvalue weighted by molar-refractivity contribution is 7.90. The monoisotopic (exact) mass is 390 g/mol. The molecule has 0 fully saturated rings. The fraction of sp³-hybridized carbons (Fsp3) is 0.167.